The average Bonchev–Trinajstić information content (AvgIpc) is 3.31. The van der Waals surface area contributed by atoms with Crippen LogP contribution in [0, 0.1) is 5.92 Å². The molecule has 40 heavy (non-hydrogen) atoms. The number of pyridine rings is 2. The summed E-state index contributed by atoms with van der Waals surface area (Å²) in [6, 6.07) is 7.09. The predicted molar refractivity (Wildman–Crippen MR) is 154 cm³/mol. The third-order valence-corrected chi connectivity index (χ3v) is 6.11. The van der Waals surface area contributed by atoms with Gasteiger partial charge in [-0.3, -0.25) is 19.4 Å². The van der Waals surface area contributed by atoms with Crippen LogP contribution in [0.2, 0.25) is 0 Å². The number of ether oxygens (including phenoxy) is 1. The third-order valence-electron chi connectivity index (χ3n) is 6.11. The molecular weight excluding hydrogens is 512 g/mol. The lowest BCUT2D eigenvalue weighted by Crippen LogP contribution is -2.37. The topological polar surface area (TPSA) is 130 Å². The van der Waals surface area contributed by atoms with Gasteiger partial charge in [0, 0.05) is 46.3 Å². The Hall–Kier alpha value is -4.41. The van der Waals surface area contributed by atoms with Crippen molar-refractivity contribution in [2.24, 2.45) is 5.92 Å². The van der Waals surface area contributed by atoms with Crippen molar-refractivity contribution in [2.75, 3.05) is 33.5 Å². The van der Waals surface area contributed by atoms with Gasteiger partial charge in [-0.1, -0.05) is 19.9 Å². The van der Waals surface area contributed by atoms with E-state index >= 15 is 0 Å². The molecule has 0 aliphatic carbocycles. The van der Waals surface area contributed by atoms with E-state index in [1.807, 2.05) is 12.1 Å². The molecule has 0 bridgehead atoms. The maximum atomic E-state index is 13.2. The van der Waals surface area contributed by atoms with E-state index in [2.05, 4.69) is 29.1 Å². The number of carbonyl (C=O) groups excluding carboxylic acids is 3. The zero-order valence-corrected chi connectivity index (χ0v) is 23.9. The largest absolute Gasteiger partial charge is 0.436 e. The van der Waals surface area contributed by atoms with Crippen molar-refractivity contribution in [3.05, 3.63) is 70.4 Å². The molecule has 214 valence electrons. The predicted octanol–water partition coefficient (Wildman–Crippen LogP) is 3.40. The van der Waals surface area contributed by atoms with Crippen LogP contribution in [0.1, 0.15) is 37.9 Å². The zero-order chi connectivity index (χ0) is 29.4. The summed E-state index contributed by atoms with van der Waals surface area (Å²) in [5, 5.41) is 2.62. The molecule has 0 aliphatic heterocycles. The smallest absolute Gasteiger partial charge is 0.410 e. The minimum atomic E-state index is -1.17. The molecule has 0 aliphatic rings. The summed E-state index contributed by atoms with van der Waals surface area (Å²) < 4.78 is 6.85. The highest BCUT2D eigenvalue weighted by Crippen LogP contribution is 2.20. The number of rotatable bonds is 11. The average molecular weight is 551 g/mol. The number of nitrogens with one attached hydrogen (secondary N) is 2. The van der Waals surface area contributed by atoms with Crippen molar-refractivity contribution < 1.29 is 19.1 Å². The van der Waals surface area contributed by atoms with Crippen LogP contribution >= 0.6 is 0 Å². The molecule has 3 heterocycles. The monoisotopic (exact) mass is 550 g/mol. The standard InChI is InChI=1S/C29H38N6O5/c1-19(2)16-20-13-14-30-23-17-21(31-26(20)23)18-35-15-9-10-22(28(35)38)32-27(37)24(40-29(39)34(5)6)11-7-8-12-25(36)33(3)4/h8-10,12-15,17,19,24,31H,7,11,16,18H2,1-6H3,(H,32,37). The SMILES string of the molecule is CC(C)Cc1ccnc2cc(Cn3cccc(NC(=O)C(CCC=CC(=O)N(C)C)OC(=O)N(C)C)c3=O)[nH]c12. The summed E-state index contributed by atoms with van der Waals surface area (Å²) in [6.07, 6.45) is 5.92. The third kappa shape index (κ3) is 8.05. The second-order valence-corrected chi connectivity index (χ2v) is 10.4. The summed E-state index contributed by atoms with van der Waals surface area (Å²) in [5.74, 6) is -0.346. The molecule has 0 spiro atoms. The van der Waals surface area contributed by atoms with Gasteiger partial charge in [-0.05, 0) is 61.1 Å². The first-order valence-corrected chi connectivity index (χ1v) is 13.2. The molecule has 0 radical (unpaired) electrons. The lowest BCUT2D eigenvalue weighted by atomic mass is 10.0. The molecule has 3 aromatic rings. The van der Waals surface area contributed by atoms with E-state index in [9.17, 15) is 19.2 Å². The van der Waals surface area contributed by atoms with Crippen LogP contribution in [0.25, 0.3) is 11.0 Å². The van der Waals surface area contributed by atoms with Gasteiger partial charge in [0.05, 0.1) is 17.6 Å². The van der Waals surface area contributed by atoms with Crippen LogP contribution in [0.4, 0.5) is 10.5 Å². The summed E-state index contributed by atoms with van der Waals surface area (Å²) in [7, 11) is 6.28. The molecule has 3 rings (SSSR count). The van der Waals surface area contributed by atoms with Crippen molar-refractivity contribution >= 4 is 34.6 Å². The van der Waals surface area contributed by atoms with Gasteiger partial charge in [-0.2, -0.15) is 0 Å². The Morgan fingerprint density at radius 1 is 1.15 bits per heavy atom. The van der Waals surface area contributed by atoms with Gasteiger partial charge in [-0.25, -0.2) is 4.79 Å². The normalized spacial score (nSPS) is 12.1. The number of H-pyrrole nitrogens is 1. The second kappa shape index (κ2) is 13.6. The number of nitrogens with zero attached hydrogens (tertiary/aromatic N) is 4. The molecule has 11 nitrogen and oxygen atoms in total. The Morgan fingerprint density at radius 2 is 1.90 bits per heavy atom. The lowest BCUT2D eigenvalue weighted by molar-refractivity contribution is -0.125. The number of aromatic amines is 1. The highest BCUT2D eigenvalue weighted by atomic mass is 16.6. The minimum absolute atomic E-state index is 0.0615. The molecule has 0 fully saturated rings. The van der Waals surface area contributed by atoms with Gasteiger partial charge < -0.3 is 29.4 Å². The Bertz CT molecular complexity index is 1440. The second-order valence-electron chi connectivity index (χ2n) is 10.4. The van der Waals surface area contributed by atoms with E-state index in [0.29, 0.717) is 12.3 Å². The number of hydrogen-bond donors (Lipinski definition) is 2. The van der Waals surface area contributed by atoms with Crippen molar-refractivity contribution in [1.29, 1.82) is 0 Å². The van der Waals surface area contributed by atoms with Crippen molar-refractivity contribution in [2.45, 2.75) is 45.8 Å². The van der Waals surface area contributed by atoms with E-state index in [1.165, 1.54) is 46.2 Å². The molecule has 0 aromatic carbocycles. The Labute approximate surface area is 233 Å². The van der Waals surface area contributed by atoms with Crippen LogP contribution in [0.3, 0.4) is 0 Å². The number of likely N-dealkylation sites (N-methyl/N-ethyl adjacent to an activating group) is 1. The summed E-state index contributed by atoms with van der Waals surface area (Å²) in [4.78, 5) is 60.8. The van der Waals surface area contributed by atoms with Gasteiger partial charge in [0.2, 0.25) is 5.91 Å². The van der Waals surface area contributed by atoms with Gasteiger partial charge in [0.25, 0.3) is 11.5 Å². The number of aromatic nitrogens is 3. The van der Waals surface area contributed by atoms with Crippen LogP contribution in [0.15, 0.2) is 53.6 Å². The number of fused-ring (bicyclic) bond motifs is 1. The van der Waals surface area contributed by atoms with E-state index in [1.54, 1.807) is 38.6 Å². The highest BCUT2D eigenvalue weighted by Gasteiger charge is 2.24. The van der Waals surface area contributed by atoms with Gasteiger partial charge in [0.15, 0.2) is 6.10 Å². The first-order chi connectivity index (χ1) is 19.0. The summed E-state index contributed by atoms with van der Waals surface area (Å²) in [5.41, 5.74) is 3.42. The van der Waals surface area contributed by atoms with Crippen LogP contribution < -0.4 is 10.9 Å². The lowest BCUT2D eigenvalue weighted by Gasteiger charge is -2.19. The molecule has 1 atom stereocenters. The first kappa shape index (κ1) is 30.1. The van der Waals surface area contributed by atoms with Crippen LogP contribution in [-0.4, -0.2) is 76.5 Å². The highest BCUT2D eigenvalue weighted by molar-refractivity contribution is 5.95. The quantitative estimate of drug-likeness (QED) is 0.352. The van der Waals surface area contributed by atoms with Crippen LogP contribution in [-0.2, 0) is 27.3 Å². The summed E-state index contributed by atoms with van der Waals surface area (Å²) >= 11 is 0. The molecule has 0 saturated carbocycles. The zero-order valence-electron chi connectivity index (χ0n) is 23.9. The summed E-state index contributed by atoms with van der Waals surface area (Å²) in [6.45, 7) is 4.57. The molecule has 2 N–H and O–H groups in total. The maximum Gasteiger partial charge on any atom is 0.410 e. The molecule has 1 unspecified atom stereocenters. The fourth-order valence-corrected chi connectivity index (χ4v) is 4.04. The van der Waals surface area contributed by atoms with Gasteiger partial charge >= 0.3 is 6.09 Å². The number of hydrogen-bond acceptors (Lipinski definition) is 6. The molecule has 11 heteroatoms. The fraction of sp³-hybridized carbons (Fsp3) is 0.414. The van der Waals surface area contributed by atoms with E-state index < -0.39 is 23.7 Å². The first-order valence-electron chi connectivity index (χ1n) is 13.2. The molecule has 3 aromatic heterocycles. The fourth-order valence-electron chi connectivity index (χ4n) is 4.04. The minimum Gasteiger partial charge on any atom is -0.436 e. The van der Waals surface area contributed by atoms with Crippen molar-refractivity contribution in [1.82, 2.24) is 24.3 Å². The molecule has 0 saturated heterocycles. The Balaban J connectivity index is 1.77. The van der Waals surface area contributed by atoms with Gasteiger partial charge in [0.1, 0.15) is 5.69 Å². The number of carbonyl (C=O) groups is 3. The van der Waals surface area contributed by atoms with Crippen molar-refractivity contribution in [3.63, 3.8) is 0 Å². The van der Waals surface area contributed by atoms with Crippen LogP contribution in [0.5, 0.6) is 0 Å². The number of amides is 3. The van der Waals surface area contributed by atoms with E-state index in [4.69, 9.17) is 4.74 Å². The van der Waals surface area contributed by atoms with E-state index in [-0.39, 0.29) is 24.6 Å². The van der Waals surface area contributed by atoms with E-state index in [0.717, 1.165) is 23.1 Å². The maximum absolute atomic E-state index is 13.2. The number of allylic oxidation sites excluding steroid dienone is 1. The van der Waals surface area contributed by atoms with Gasteiger partial charge in [-0.15, -0.1) is 0 Å². The molecular formula is C29H38N6O5. The number of anilines is 1. The van der Waals surface area contributed by atoms with Crippen molar-refractivity contribution in [3.8, 4) is 0 Å². The molecule has 3 amide bonds. The Morgan fingerprint density at radius 3 is 2.58 bits per heavy atom. The Kier molecular flexibility index (Phi) is 10.2.